The quantitative estimate of drug-likeness (QED) is 0.861. The van der Waals surface area contributed by atoms with Crippen molar-refractivity contribution in [1.82, 2.24) is 5.32 Å². The monoisotopic (exact) mass is 341 g/mol. The number of rotatable bonds is 5. The Morgan fingerprint density at radius 2 is 1.68 bits per heavy atom. The summed E-state index contributed by atoms with van der Waals surface area (Å²) in [6.45, 7) is 5.03. The van der Waals surface area contributed by atoms with Crippen molar-refractivity contribution in [3.63, 3.8) is 0 Å². The number of hydrogen-bond acceptors (Lipinski definition) is 2. The number of carbonyl (C=O) groups excluding carboxylic acids is 1. The van der Waals surface area contributed by atoms with E-state index in [9.17, 15) is 9.90 Å². The highest BCUT2D eigenvalue weighted by molar-refractivity contribution is 5.78. The van der Waals surface area contributed by atoms with Gasteiger partial charge in [-0.2, -0.15) is 0 Å². The molecule has 4 aliphatic rings. The van der Waals surface area contributed by atoms with E-state index in [1.165, 1.54) is 5.56 Å². The Bertz CT molecular complexity index is 594. The van der Waals surface area contributed by atoms with Crippen LogP contribution in [0.25, 0.3) is 0 Å². The Balaban J connectivity index is 1.66. The van der Waals surface area contributed by atoms with E-state index in [0.29, 0.717) is 36.0 Å². The number of nitrogens with one attached hydrogen (secondary N) is 1. The van der Waals surface area contributed by atoms with E-state index in [1.54, 1.807) is 0 Å². The topological polar surface area (TPSA) is 49.3 Å². The van der Waals surface area contributed by atoms with Crippen LogP contribution in [0.4, 0.5) is 0 Å². The highest BCUT2D eigenvalue weighted by atomic mass is 16.3. The summed E-state index contributed by atoms with van der Waals surface area (Å²) in [5.41, 5.74) is 1.31. The predicted octanol–water partition coefficient (Wildman–Crippen LogP) is 3.51. The molecule has 0 heterocycles. The first-order valence-electron chi connectivity index (χ1n) is 10.0. The molecule has 4 aliphatic carbocycles. The number of carbonyl (C=O) groups is 1. The number of aliphatic hydroxyl groups is 1. The molecule has 0 aliphatic heterocycles. The molecule has 5 rings (SSSR count). The van der Waals surface area contributed by atoms with E-state index in [4.69, 9.17) is 0 Å². The van der Waals surface area contributed by atoms with Crippen LogP contribution in [0.1, 0.15) is 51.5 Å². The van der Waals surface area contributed by atoms with E-state index < -0.39 is 0 Å². The summed E-state index contributed by atoms with van der Waals surface area (Å²) in [6, 6.07) is 10.8. The molecule has 1 aromatic carbocycles. The van der Waals surface area contributed by atoms with Gasteiger partial charge in [0.2, 0.25) is 5.91 Å². The first-order chi connectivity index (χ1) is 12.0. The Morgan fingerprint density at radius 3 is 2.20 bits per heavy atom. The average molecular weight is 341 g/mol. The summed E-state index contributed by atoms with van der Waals surface area (Å²) >= 11 is 0. The number of benzene rings is 1. The molecular weight excluding hydrogens is 310 g/mol. The van der Waals surface area contributed by atoms with Gasteiger partial charge < -0.3 is 10.4 Å². The first-order valence-corrected chi connectivity index (χ1v) is 10.0. The van der Waals surface area contributed by atoms with E-state index in [-0.39, 0.29) is 17.4 Å². The minimum atomic E-state index is -0.101. The summed E-state index contributed by atoms with van der Waals surface area (Å²) in [5, 5.41) is 13.7. The molecule has 0 aromatic heterocycles. The van der Waals surface area contributed by atoms with Crippen molar-refractivity contribution in [2.45, 2.75) is 57.5 Å². The molecule has 3 heteroatoms. The third-order valence-corrected chi connectivity index (χ3v) is 7.24. The molecule has 4 bridgehead atoms. The highest BCUT2D eigenvalue weighted by Crippen LogP contribution is 2.64. The van der Waals surface area contributed by atoms with Crippen molar-refractivity contribution in [1.29, 1.82) is 0 Å². The standard InChI is InChI=1S/C22H31NO2/c1-14(2)13-23-20(24)12-22(17-6-4-3-5-7-17)18-8-15-9-19(22)11-16(10-18)21(15)25/h3-7,14-16,18-19,21,25H,8-13H2,1-2H3,(H,23,24). The zero-order valence-electron chi connectivity index (χ0n) is 15.4. The molecule has 0 saturated heterocycles. The van der Waals surface area contributed by atoms with Crippen LogP contribution in [0.2, 0.25) is 0 Å². The molecule has 3 nitrogen and oxygen atoms in total. The summed E-state index contributed by atoms with van der Waals surface area (Å²) in [4.78, 5) is 12.8. The van der Waals surface area contributed by atoms with Crippen molar-refractivity contribution in [3.8, 4) is 0 Å². The average Bonchev–Trinajstić information content (AvgIpc) is 2.59. The van der Waals surface area contributed by atoms with Crippen LogP contribution >= 0.6 is 0 Å². The van der Waals surface area contributed by atoms with E-state index >= 15 is 0 Å². The highest BCUT2D eigenvalue weighted by Gasteiger charge is 2.60. The van der Waals surface area contributed by atoms with Crippen LogP contribution in [0, 0.1) is 29.6 Å². The minimum absolute atomic E-state index is 0.0323. The number of aliphatic hydroxyl groups excluding tert-OH is 1. The summed E-state index contributed by atoms with van der Waals surface area (Å²) < 4.78 is 0. The van der Waals surface area contributed by atoms with Gasteiger partial charge in [-0.3, -0.25) is 4.79 Å². The SMILES string of the molecule is CC(C)CNC(=O)CC1(c2ccccc2)C2CC3CC1CC(C2)C3O. The van der Waals surface area contributed by atoms with Gasteiger partial charge in [-0.25, -0.2) is 0 Å². The normalized spacial score (nSPS) is 39.0. The van der Waals surface area contributed by atoms with Gasteiger partial charge in [-0.05, 0) is 60.8 Å². The fourth-order valence-corrected chi connectivity index (χ4v) is 6.22. The summed E-state index contributed by atoms with van der Waals surface area (Å²) in [5.74, 6) is 2.66. The summed E-state index contributed by atoms with van der Waals surface area (Å²) in [6.07, 6.45) is 4.84. The lowest BCUT2D eigenvalue weighted by Gasteiger charge is -2.63. The largest absolute Gasteiger partial charge is 0.393 e. The van der Waals surface area contributed by atoms with Crippen molar-refractivity contribution >= 4 is 5.91 Å². The van der Waals surface area contributed by atoms with Crippen molar-refractivity contribution < 1.29 is 9.90 Å². The third kappa shape index (κ3) is 2.81. The van der Waals surface area contributed by atoms with Gasteiger partial charge in [-0.15, -0.1) is 0 Å². The molecule has 4 saturated carbocycles. The van der Waals surface area contributed by atoms with Gasteiger partial charge in [-0.1, -0.05) is 44.2 Å². The fourth-order valence-electron chi connectivity index (χ4n) is 6.22. The van der Waals surface area contributed by atoms with Gasteiger partial charge in [0.15, 0.2) is 0 Å². The van der Waals surface area contributed by atoms with Gasteiger partial charge in [0, 0.05) is 18.4 Å². The van der Waals surface area contributed by atoms with Crippen LogP contribution < -0.4 is 5.32 Å². The van der Waals surface area contributed by atoms with Crippen molar-refractivity contribution in [2.24, 2.45) is 29.6 Å². The van der Waals surface area contributed by atoms with Gasteiger partial charge in [0.05, 0.1) is 6.10 Å². The summed E-state index contributed by atoms with van der Waals surface area (Å²) in [7, 11) is 0. The van der Waals surface area contributed by atoms with Gasteiger partial charge in [0.25, 0.3) is 0 Å². The molecule has 2 N–H and O–H groups in total. The zero-order chi connectivity index (χ0) is 17.6. The maximum absolute atomic E-state index is 12.8. The maximum Gasteiger partial charge on any atom is 0.220 e. The van der Waals surface area contributed by atoms with Gasteiger partial charge >= 0.3 is 0 Å². The number of amides is 1. The predicted molar refractivity (Wildman–Crippen MR) is 99.0 cm³/mol. The lowest BCUT2D eigenvalue weighted by Crippen LogP contribution is -2.61. The Labute approximate surface area is 151 Å². The molecule has 0 atom stereocenters. The van der Waals surface area contributed by atoms with Crippen LogP contribution in [0.15, 0.2) is 30.3 Å². The van der Waals surface area contributed by atoms with Crippen LogP contribution in [-0.4, -0.2) is 23.7 Å². The first kappa shape index (κ1) is 17.1. The number of hydrogen-bond donors (Lipinski definition) is 2. The Morgan fingerprint density at radius 1 is 1.12 bits per heavy atom. The molecule has 0 unspecified atom stereocenters. The molecular formula is C22H31NO2. The van der Waals surface area contributed by atoms with E-state index in [2.05, 4.69) is 49.5 Å². The molecule has 1 aromatic rings. The van der Waals surface area contributed by atoms with Crippen LogP contribution in [0.3, 0.4) is 0 Å². The zero-order valence-corrected chi connectivity index (χ0v) is 15.4. The van der Waals surface area contributed by atoms with E-state index in [1.807, 2.05) is 0 Å². The third-order valence-electron chi connectivity index (χ3n) is 7.24. The van der Waals surface area contributed by atoms with Crippen molar-refractivity contribution in [2.75, 3.05) is 6.54 Å². The second-order valence-electron chi connectivity index (χ2n) is 9.13. The molecule has 0 radical (unpaired) electrons. The van der Waals surface area contributed by atoms with Crippen molar-refractivity contribution in [3.05, 3.63) is 35.9 Å². The second kappa shape index (κ2) is 6.42. The molecule has 136 valence electrons. The Kier molecular flexibility index (Phi) is 4.39. The van der Waals surface area contributed by atoms with Crippen LogP contribution in [0.5, 0.6) is 0 Å². The fraction of sp³-hybridized carbons (Fsp3) is 0.682. The molecule has 4 fully saturated rings. The smallest absolute Gasteiger partial charge is 0.220 e. The molecule has 0 spiro atoms. The second-order valence-corrected chi connectivity index (χ2v) is 9.13. The lowest BCUT2D eigenvalue weighted by molar-refractivity contribution is -0.147. The molecule has 25 heavy (non-hydrogen) atoms. The van der Waals surface area contributed by atoms with Crippen LogP contribution in [-0.2, 0) is 10.2 Å². The Hall–Kier alpha value is -1.35. The molecule has 1 amide bonds. The van der Waals surface area contributed by atoms with Gasteiger partial charge in [0.1, 0.15) is 0 Å². The lowest BCUT2D eigenvalue weighted by atomic mass is 9.42. The maximum atomic E-state index is 12.8. The van der Waals surface area contributed by atoms with E-state index in [0.717, 1.165) is 32.2 Å². The minimum Gasteiger partial charge on any atom is -0.393 e.